The Morgan fingerprint density at radius 3 is 2.59 bits per heavy atom. The van der Waals surface area contributed by atoms with E-state index < -0.39 is 0 Å². The summed E-state index contributed by atoms with van der Waals surface area (Å²) < 4.78 is 11.4. The number of Topliss-reactive ketones (excluding diaryl/α,β-unsaturated/α-hetero) is 1. The van der Waals surface area contributed by atoms with Crippen LogP contribution in [-0.2, 0) is 4.79 Å². The molecule has 0 fully saturated rings. The molecule has 0 spiro atoms. The lowest BCUT2D eigenvalue weighted by molar-refractivity contribution is -0.116. The fourth-order valence-electron chi connectivity index (χ4n) is 3.81. The standard InChI is InChI=1S/C21H28N2O3S/c1-4-12-23-15-8-7-9-16(24)19(15)20(22-21(23)27)14-10-11-17(25-5-2)18(13-14)26-6-3/h10-11,13,20H,4-9,12H2,1-3H3,(H,22,27). The van der Waals surface area contributed by atoms with E-state index in [9.17, 15) is 4.79 Å². The van der Waals surface area contributed by atoms with Crippen molar-refractivity contribution in [2.45, 2.75) is 52.5 Å². The molecule has 1 aromatic rings. The Morgan fingerprint density at radius 1 is 1.15 bits per heavy atom. The van der Waals surface area contributed by atoms with Crippen LogP contribution in [0.2, 0.25) is 0 Å². The Hall–Kier alpha value is -2.08. The fourth-order valence-corrected chi connectivity index (χ4v) is 4.13. The molecule has 0 radical (unpaired) electrons. The molecule has 1 aliphatic carbocycles. The third-order valence-corrected chi connectivity index (χ3v) is 5.24. The van der Waals surface area contributed by atoms with Gasteiger partial charge in [0.05, 0.1) is 19.3 Å². The first-order chi connectivity index (χ1) is 13.1. The maximum atomic E-state index is 12.8. The number of nitrogens with zero attached hydrogens (tertiary/aromatic N) is 1. The van der Waals surface area contributed by atoms with Gasteiger partial charge in [-0.25, -0.2) is 0 Å². The summed E-state index contributed by atoms with van der Waals surface area (Å²) in [5, 5.41) is 4.10. The summed E-state index contributed by atoms with van der Waals surface area (Å²) in [7, 11) is 0. The van der Waals surface area contributed by atoms with E-state index in [0.29, 0.717) is 30.5 Å². The molecule has 1 aliphatic heterocycles. The number of rotatable bonds is 7. The second-order valence-corrected chi connectivity index (χ2v) is 7.13. The minimum absolute atomic E-state index is 0.212. The summed E-state index contributed by atoms with van der Waals surface area (Å²) in [6, 6.07) is 5.65. The van der Waals surface area contributed by atoms with Gasteiger partial charge in [-0.2, -0.15) is 0 Å². The minimum atomic E-state index is -0.233. The topological polar surface area (TPSA) is 50.8 Å². The van der Waals surface area contributed by atoms with Crippen LogP contribution in [0.15, 0.2) is 29.5 Å². The Kier molecular flexibility index (Phi) is 6.37. The van der Waals surface area contributed by atoms with Gasteiger partial charge in [-0.15, -0.1) is 0 Å². The summed E-state index contributed by atoms with van der Waals surface area (Å²) in [6.45, 7) is 7.98. The van der Waals surface area contributed by atoms with Crippen LogP contribution in [-0.4, -0.2) is 35.6 Å². The number of nitrogens with one attached hydrogen (secondary N) is 1. The summed E-state index contributed by atoms with van der Waals surface area (Å²) >= 11 is 5.64. The Labute approximate surface area is 166 Å². The minimum Gasteiger partial charge on any atom is -0.490 e. The number of hydrogen-bond acceptors (Lipinski definition) is 4. The quantitative estimate of drug-likeness (QED) is 0.709. The average Bonchev–Trinajstić information content (AvgIpc) is 2.66. The highest BCUT2D eigenvalue weighted by molar-refractivity contribution is 7.80. The number of carbonyl (C=O) groups excluding carboxylic acids is 1. The van der Waals surface area contributed by atoms with Gasteiger partial charge in [0.1, 0.15) is 0 Å². The van der Waals surface area contributed by atoms with Crippen molar-refractivity contribution in [3.05, 3.63) is 35.0 Å². The average molecular weight is 389 g/mol. The zero-order chi connectivity index (χ0) is 19.4. The summed E-state index contributed by atoms with van der Waals surface area (Å²) in [4.78, 5) is 14.9. The SMILES string of the molecule is CCCN1C(=S)NC(c2ccc(OCC)c(OCC)c2)C2=C1CCCC2=O. The van der Waals surface area contributed by atoms with Crippen LogP contribution in [0, 0.1) is 0 Å². The lowest BCUT2D eigenvalue weighted by Crippen LogP contribution is -2.49. The lowest BCUT2D eigenvalue weighted by atomic mass is 9.84. The van der Waals surface area contributed by atoms with Crippen LogP contribution in [0.5, 0.6) is 11.5 Å². The van der Waals surface area contributed by atoms with Crippen LogP contribution in [0.1, 0.15) is 58.1 Å². The van der Waals surface area contributed by atoms with Gasteiger partial charge < -0.3 is 19.7 Å². The van der Waals surface area contributed by atoms with Crippen LogP contribution in [0.4, 0.5) is 0 Å². The number of carbonyl (C=O) groups is 1. The number of hydrogen-bond donors (Lipinski definition) is 1. The molecule has 5 nitrogen and oxygen atoms in total. The molecular weight excluding hydrogens is 360 g/mol. The van der Waals surface area contributed by atoms with Gasteiger partial charge in [-0.3, -0.25) is 4.79 Å². The van der Waals surface area contributed by atoms with Gasteiger partial charge >= 0.3 is 0 Å². The maximum absolute atomic E-state index is 12.8. The third kappa shape index (κ3) is 3.95. The highest BCUT2D eigenvalue weighted by Gasteiger charge is 2.37. The monoisotopic (exact) mass is 388 g/mol. The number of allylic oxidation sites excluding steroid dienone is 1. The van der Waals surface area contributed by atoms with Crippen LogP contribution >= 0.6 is 12.2 Å². The molecule has 1 atom stereocenters. The highest BCUT2D eigenvalue weighted by atomic mass is 32.1. The molecule has 6 heteroatoms. The molecule has 1 unspecified atom stereocenters. The maximum Gasteiger partial charge on any atom is 0.173 e. The zero-order valence-electron chi connectivity index (χ0n) is 16.3. The number of ether oxygens (including phenoxy) is 2. The van der Waals surface area contributed by atoms with E-state index in [0.717, 1.165) is 48.4 Å². The van der Waals surface area contributed by atoms with E-state index in [-0.39, 0.29) is 11.8 Å². The van der Waals surface area contributed by atoms with Gasteiger partial charge in [0, 0.05) is 24.2 Å². The molecular formula is C21H28N2O3S. The molecule has 0 saturated carbocycles. The van der Waals surface area contributed by atoms with Gasteiger partial charge in [-0.05, 0) is 63.0 Å². The van der Waals surface area contributed by atoms with Crippen molar-refractivity contribution in [3.63, 3.8) is 0 Å². The van der Waals surface area contributed by atoms with E-state index in [1.807, 2.05) is 32.0 Å². The van der Waals surface area contributed by atoms with Gasteiger partial charge in [0.15, 0.2) is 22.4 Å². The van der Waals surface area contributed by atoms with E-state index >= 15 is 0 Å². The van der Waals surface area contributed by atoms with Crippen LogP contribution in [0.25, 0.3) is 0 Å². The molecule has 0 bridgehead atoms. The molecule has 1 aromatic carbocycles. The van der Waals surface area contributed by atoms with Crippen molar-refractivity contribution < 1.29 is 14.3 Å². The molecule has 0 saturated heterocycles. The Balaban J connectivity index is 2.04. The second kappa shape index (κ2) is 8.74. The smallest absolute Gasteiger partial charge is 0.173 e. The van der Waals surface area contributed by atoms with Gasteiger partial charge in [-0.1, -0.05) is 13.0 Å². The molecule has 1 N–H and O–H groups in total. The van der Waals surface area contributed by atoms with Crippen molar-refractivity contribution in [3.8, 4) is 11.5 Å². The molecule has 0 aromatic heterocycles. The highest BCUT2D eigenvalue weighted by Crippen LogP contribution is 2.39. The van der Waals surface area contributed by atoms with Crippen LogP contribution in [0.3, 0.4) is 0 Å². The normalized spacial score (nSPS) is 19.7. The number of benzene rings is 1. The van der Waals surface area contributed by atoms with Crippen LogP contribution < -0.4 is 14.8 Å². The fraction of sp³-hybridized carbons (Fsp3) is 0.524. The molecule has 146 valence electrons. The van der Waals surface area contributed by atoms with E-state index in [4.69, 9.17) is 21.7 Å². The largest absolute Gasteiger partial charge is 0.490 e. The third-order valence-electron chi connectivity index (χ3n) is 4.90. The van der Waals surface area contributed by atoms with Gasteiger partial charge in [0.25, 0.3) is 0 Å². The van der Waals surface area contributed by atoms with Gasteiger partial charge in [0.2, 0.25) is 0 Å². The molecule has 3 rings (SSSR count). The summed E-state index contributed by atoms with van der Waals surface area (Å²) in [5.41, 5.74) is 2.92. The lowest BCUT2D eigenvalue weighted by Gasteiger charge is -2.41. The second-order valence-electron chi connectivity index (χ2n) is 6.74. The molecule has 2 aliphatic rings. The predicted molar refractivity (Wildman–Crippen MR) is 110 cm³/mol. The first-order valence-corrected chi connectivity index (χ1v) is 10.2. The Bertz CT molecular complexity index is 760. The van der Waals surface area contributed by atoms with E-state index in [1.165, 1.54) is 0 Å². The zero-order valence-corrected chi connectivity index (χ0v) is 17.2. The first-order valence-electron chi connectivity index (χ1n) is 9.84. The van der Waals surface area contributed by atoms with Crippen molar-refractivity contribution in [1.29, 1.82) is 0 Å². The Morgan fingerprint density at radius 2 is 1.89 bits per heavy atom. The van der Waals surface area contributed by atoms with Crippen molar-refractivity contribution in [2.24, 2.45) is 0 Å². The number of ketones is 1. The summed E-state index contributed by atoms with van der Waals surface area (Å²) in [6.07, 6.45) is 3.36. The molecule has 0 amide bonds. The van der Waals surface area contributed by atoms with Crippen molar-refractivity contribution >= 4 is 23.1 Å². The number of thiocarbonyl (C=S) groups is 1. The predicted octanol–water partition coefficient (Wildman–Crippen LogP) is 4.13. The first kappa shape index (κ1) is 19.7. The molecule has 1 heterocycles. The van der Waals surface area contributed by atoms with Crippen molar-refractivity contribution in [1.82, 2.24) is 10.2 Å². The molecule has 27 heavy (non-hydrogen) atoms. The van der Waals surface area contributed by atoms with E-state index in [2.05, 4.69) is 17.1 Å². The van der Waals surface area contributed by atoms with Crippen molar-refractivity contribution in [2.75, 3.05) is 19.8 Å². The van der Waals surface area contributed by atoms with E-state index in [1.54, 1.807) is 0 Å². The summed E-state index contributed by atoms with van der Waals surface area (Å²) in [5.74, 6) is 1.63.